The van der Waals surface area contributed by atoms with Crippen molar-refractivity contribution < 1.29 is 12.8 Å². The van der Waals surface area contributed by atoms with Crippen LogP contribution in [-0.4, -0.2) is 48.5 Å². The predicted molar refractivity (Wildman–Crippen MR) is 110 cm³/mol. The van der Waals surface area contributed by atoms with Crippen LogP contribution < -0.4 is 0 Å². The molecule has 2 heterocycles. The maximum atomic E-state index is 12.6. The molecule has 0 fully saturated rings. The Kier molecular flexibility index (Phi) is 5.65. The standard InChI is InChI=1S/C20H28N4O3S/c1-7-18-17(16-10-8-9-11-19(16)27-18)12-23(6)13-24-15(3)20(14(2)21-24)28(25,26)22(4)5/h8-11H,7,12-13H2,1-6H3. The van der Waals surface area contributed by atoms with E-state index in [1.807, 2.05) is 25.2 Å². The van der Waals surface area contributed by atoms with Crippen molar-refractivity contribution in [1.82, 2.24) is 19.0 Å². The first kappa shape index (κ1) is 20.6. The molecule has 28 heavy (non-hydrogen) atoms. The molecule has 7 nitrogen and oxygen atoms in total. The summed E-state index contributed by atoms with van der Waals surface area (Å²) in [4.78, 5) is 2.40. The normalized spacial score (nSPS) is 12.6. The fraction of sp³-hybridized carbons (Fsp3) is 0.450. The van der Waals surface area contributed by atoms with Crippen molar-refractivity contribution in [3.63, 3.8) is 0 Å². The Hall–Kier alpha value is -2.16. The van der Waals surface area contributed by atoms with Crippen LogP contribution in [0.1, 0.15) is 29.6 Å². The number of benzene rings is 1. The minimum Gasteiger partial charge on any atom is -0.461 e. The summed E-state index contributed by atoms with van der Waals surface area (Å²) in [5.74, 6) is 0.984. The van der Waals surface area contributed by atoms with Crippen molar-refractivity contribution in [3.8, 4) is 0 Å². The van der Waals surface area contributed by atoms with Crippen molar-refractivity contribution in [3.05, 3.63) is 47.0 Å². The maximum Gasteiger partial charge on any atom is 0.246 e. The molecule has 0 unspecified atom stereocenters. The summed E-state index contributed by atoms with van der Waals surface area (Å²) in [7, 11) is 1.54. The van der Waals surface area contributed by atoms with Gasteiger partial charge in [-0.2, -0.15) is 5.10 Å². The first-order valence-electron chi connectivity index (χ1n) is 9.31. The van der Waals surface area contributed by atoms with Crippen LogP contribution >= 0.6 is 0 Å². The van der Waals surface area contributed by atoms with E-state index in [9.17, 15) is 8.42 Å². The predicted octanol–water partition coefficient (Wildman–Crippen LogP) is 3.15. The molecule has 0 radical (unpaired) electrons. The first-order chi connectivity index (χ1) is 13.2. The molecule has 2 aromatic heterocycles. The Morgan fingerprint density at radius 3 is 2.46 bits per heavy atom. The van der Waals surface area contributed by atoms with E-state index in [1.54, 1.807) is 18.5 Å². The second-order valence-corrected chi connectivity index (χ2v) is 9.38. The molecule has 0 N–H and O–H groups in total. The van der Waals surface area contributed by atoms with E-state index < -0.39 is 10.0 Å². The fourth-order valence-corrected chi connectivity index (χ4v) is 4.79. The Labute approximate surface area is 166 Å². The molecule has 0 aliphatic carbocycles. The number of aromatic nitrogens is 2. The lowest BCUT2D eigenvalue weighted by Gasteiger charge is -2.18. The van der Waals surface area contributed by atoms with Crippen molar-refractivity contribution >= 4 is 21.0 Å². The van der Waals surface area contributed by atoms with Gasteiger partial charge in [0.15, 0.2) is 0 Å². The monoisotopic (exact) mass is 404 g/mol. The highest BCUT2D eigenvalue weighted by Gasteiger charge is 2.27. The SMILES string of the molecule is CCc1oc2ccccc2c1CN(C)Cn1nc(C)c(S(=O)(=O)N(C)C)c1C. The van der Waals surface area contributed by atoms with Crippen LogP contribution in [-0.2, 0) is 29.7 Å². The number of furan rings is 1. The summed E-state index contributed by atoms with van der Waals surface area (Å²) in [6.07, 6.45) is 0.822. The number of hydrogen-bond acceptors (Lipinski definition) is 5. The molecule has 0 atom stereocenters. The zero-order chi connectivity index (χ0) is 20.6. The summed E-state index contributed by atoms with van der Waals surface area (Å²) in [6, 6.07) is 8.05. The molecular formula is C20H28N4O3S. The van der Waals surface area contributed by atoms with Gasteiger partial charge in [-0.1, -0.05) is 25.1 Å². The lowest BCUT2D eigenvalue weighted by atomic mass is 10.1. The summed E-state index contributed by atoms with van der Waals surface area (Å²) >= 11 is 0. The third-order valence-corrected chi connectivity index (χ3v) is 7.03. The Morgan fingerprint density at radius 1 is 1.14 bits per heavy atom. The molecule has 0 aliphatic heterocycles. The number of para-hydroxylation sites is 1. The van der Waals surface area contributed by atoms with Crippen LogP contribution in [0.2, 0.25) is 0 Å². The second kappa shape index (κ2) is 7.69. The lowest BCUT2D eigenvalue weighted by molar-refractivity contribution is 0.242. The molecule has 0 amide bonds. The van der Waals surface area contributed by atoms with Crippen LogP contribution in [0.5, 0.6) is 0 Å². The third-order valence-electron chi connectivity index (χ3n) is 4.96. The molecule has 1 aromatic carbocycles. The van der Waals surface area contributed by atoms with Gasteiger partial charge < -0.3 is 4.42 Å². The minimum atomic E-state index is -3.53. The van der Waals surface area contributed by atoms with Gasteiger partial charge in [0, 0.05) is 38.0 Å². The van der Waals surface area contributed by atoms with Crippen LogP contribution in [0.25, 0.3) is 11.0 Å². The van der Waals surface area contributed by atoms with Gasteiger partial charge in [-0.3, -0.25) is 9.58 Å². The van der Waals surface area contributed by atoms with Crippen molar-refractivity contribution in [2.24, 2.45) is 0 Å². The van der Waals surface area contributed by atoms with Gasteiger partial charge >= 0.3 is 0 Å². The molecule has 0 aliphatic rings. The lowest BCUT2D eigenvalue weighted by Crippen LogP contribution is -2.25. The van der Waals surface area contributed by atoms with Crippen LogP contribution in [0.3, 0.4) is 0 Å². The first-order valence-corrected chi connectivity index (χ1v) is 10.7. The number of nitrogens with zero attached hydrogens (tertiary/aromatic N) is 4. The van der Waals surface area contributed by atoms with Crippen molar-refractivity contribution in [1.29, 1.82) is 0 Å². The number of sulfonamides is 1. The van der Waals surface area contributed by atoms with E-state index in [0.717, 1.165) is 23.2 Å². The van der Waals surface area contributed by atoms with Gasteiger partial charge in [-0.05, 0) is 27.0 Å². The molecule has 152 valence electrons. The second-order valence-electron chi connectivity index (χ2n) is 7.30. The molecule has 0 bridgehead atoms. The zero-order valence-corrected chi connectivity index (χ0v) is 18.2. The van der Waals surface area contributed by atoms with Crippen LogP contribution in [0.15, 0.2) is 33.6 Å². The fourth-order valence-electron chi connectivity index (χ4n) is 3.53. The van der Waals surface area contributed by atoms with Gasteiger partial charge in [-0.25, -0.2) is 12.7 Å². The van der Waals surface area contributed by atoms with E-state index in [4.69, 9.17) is 4.42 Å². The van der Waals surface area contributed by atoms with E-state index in [1.165, 1.54) is 24.0 Å². The average molecular weight is 405 g/mol. The van der Waals surface area contributed by atoms with Crippen LogP contribution in [0.4, 0.5) is 0 Å². The number of aryl methyl sites for hydroxylation is 2. The number of rotatable bonds is 7. The Bertz CT molecular complexity index is 1100. The summed E-state index contributed by atoms with van der Waals surface area (Å²) in [5, 5.41) is 5.60. The van der Waals surface area contributed by atoms with Gasteiger partial charge in [-0.15, -0.1) is 0 Å². The Balaban J connectivity index is 1.88. The molecule has 0 saturated carbocycles. The largest absolute Gasteiger partial charge is 0.461 e. The van der Waals surface area contributed by atoms with Crippen molar-refractivity contribution in [2.45, 2.75) is 45.3 Å². The highest BCUT2D eigenvalue weighted by atomic mass is 32.2. The molecule has 3 aromatic rings. The van der Waals surface area contributed by atoms with Crippen molar-refractivity contribution in [2.75, 3.05) is 21.1 Å². The summed E-state index contributed by atoms with van der Waals surface area (Å²) in [6.45, 7) is 6.79. The molecule has 3 rings (SSSR count). The van der Waals surface area contributed by atoms with Gasteiger partial charge in [0.2, 0.25) is 10.0 Å². The topological polar surface area (TPSA) is 71.6 Å². The number of fused-ring (bicyclic) bond motifs is 1. The van der Waals surface area contributed by atoms with Gasteiger partial charge in [0.1, 0.15) is 16.2 Å². The molecular weight excluding hydrogens is 376 g/mol. The van der Waals surface area contributed by atoms with Gasteiger partial charge in [0.05, 0.1) is 18.1 Å². The third kappa shape index (κ3) is 3.59. The smallest absolute Gasteiger partial charge is 0.246 e. The Morgan fingerprint density at radius 2 is 1.82 bits per heavy atom. The summed E-state index contributed by atoms with van der Waals surface area (Å²) in [5.41, 5.74) is 3.23. The zero-order valence-electron chi connectivity index (χ0n) is 17.4. The average Bonchev–Trinajstić information content (AvgIpc) is 3.12. The minimum absolute atomic E-state index is 0.286. The van der Waals surface area contributed by atoms with Gasteiger partial charge in [0.25, 0.3) is 0 Å². The highest BCUT2D eigenvalue weighted by Crippen LogP contribution is 2.28. The highest BCUT2D eigenvalue weighted by molar-refractivity contribution is 7.89. The van der Waals surface area contributed by atoms with E-state index >= 15 is 0 Å². The van der Waals surface area contributed by atoms with E-state index in [2.05, 4.69) is 23.0 Å². The number of hydrogen-bond donors (Lipinski definition) is 0. The van der Waals surface area contributed by atoms with E-state index in [0.29, 0.717) is 24.6 Å². The molecule has 0 saturated heterocycles. The van der Waals surface area contributed by atoms with E-state index in [-0.39, 0.29) is 4.90 Å². The van der Waals surface area contributed by atoms with Crippen LogP contribution in [0, 0.1) is 13.8 Å². The molecule has 0 spiro atoms. The quantitative estimate of drug-likeness (QED) is 0.605. The summed E-state index contributed by atoms with van der Waals surface area (Å²) < 4.78 is 34.2. The molecule has 8 heteroatoms. The maximum absolute atomic E-state index is 12.6.